The summed E-state index contributed by atoms with van der Waals surface area (Å²) in [5.74, 6) is 0.870. The molecule has 2 amide bonds. The van der Waals surface area contributed by atoms with Crippen molar-refractivity contribution in [2.75, 3.05) is 13.1 Å². The molecule has 4 nitrogen and oxygen atoms in total. The number of nitrogens with zero attached hydrogens (tertiary/aromatic N) is 1. The summed E-state index contributed by atoms with van der Waals surface area (Å²) in [5.41, 5.74) is 0.169. The quantitative estimate of drug-likeness (QED) is 0.839. The first kappa shape index (κ1) is 16.8. The van der Waals surface area contributed by atoms with Crippen LogP contribution in [0.25, 0.3) is 0 Å². The maximum absolute atomic E-state index is 12.6. The highest BCUT2D eigenvalue weighted by Crippen LogP contribution is 2.59. The molecular formula is C20H26N2O2S. The van der Waals surface area contributed by atoms with Crippen LogP contribution in [0.5, 0.6) is 0 Å². The van der Waals surface area contributed by atoms with Crippen LogP contribution in [0, 0.1) is 17.3 Å². The zero-order valence-corrected chi connectivity index (χ0v) is 15.4. The van der Waals surface area contributed by atoms with E-state index in [-0.39, 0.29) is 23.2 Å². The van der Waals surface area contributed by atoms with Gasteiger partial charge in [-0.15, -0.1) is 11.3 Å². The minimum Gasteiger partial charge on any atom is -0.351 e. The van der Waals surface area contributed by atoms with E-state index in [1.807, 2.05) is 16.3 Å². The van der Waals surface area contributed by atoms with Crippen LogP contribution in [0.1, 0.15) is 43.4 Å². The van der Waals surface area contributed by atoms with Gasteiger partial charge in [0.25, 0.3) is 0 Å². The summed E-state index contributed by atoms with van der Waals surface area (Å²) in [6.07, 6.45) is 10.2. The molecule has 134 valence electrons. The lowest BCUT2D eigenvalue weighted by molar-refractivity contribution is -0.137. The van der Waals surface area contributed by atoms with Gasteiger partial charge >= 0.3 is 0 Å². The number of hydrogen-bond donors (Lipinski definition) is 1. The lowest BCUT2D eigenvalue weighted by Gasteiger charge is -2.35. The van der Waals surface area contributed by atoms with E-state index in [1.165, 1.54) is 4.88 Å². The molecule has 1 spiro atoms. The van der Waals surface area contributed by atoms with Gasteiger partial charge < -0.3 is 10.2 Å². The third-order valence-electron chi connectivity index (χ3n) is 6.21. The number of hydrogen-bond acceptors (Lipinski definition) is 3. The van der Waals surface area contributed by atoms with Crippen LogP contribution >= 0.6 is 11.3 Å². The molecule has 2 heterocycles. The average Bonchev–Trinajstić information content (AvgIpc) is 3.10. The van der Waals surface area contributed by atoms with Gasteiger partial charge in [-0.05, 0) is 55.4 Å². The van der Waals surface area contributed by atoms with Crippen molar-refractivity contribution in [1.82, 2.24) is 10.2 Å². The minimum absolute atomic E-state index is 0.155. The Bertz CT molecular complexity index is 659. The summed E-state index contributed by atoms with van der Waals surface area (Å²) < 4.78 is 0. The molecule has 2 unspecified atom stereocenters. The molecule has 1 saturated carbocycles. The van der Waals surface area contributed by atoms with Gasteiger partial charge in [0.05, 0.1) is 6.54 Å². The van der Waals surface area contributed by atoms with Crippen LogP contribution in [0.4, 0.5) is 0 Å². The van der Waals surface area contributed by atoms with Crippen LogP contribution < -0.4 is 5.32 Å². The highest BCUT2D eigenvalue weighted by atomic mass is 32.1. The van der Waals surface area contributed by atoms with E-state index >= 15 is 0 Å². The average molecular weight is 359 g/mol. The SMILES string of the molecule is O=C(NCc1cccs1)C1CC12CCN(C(=O)C1CC=CCC1)CC2. The Hall–Kier alpha value is -1.62. The molecule has 1 aromatic rings. The van der Waals surface area contributed by atoms with Gasteiger partial charge in [0, 0.05) is 29.8 Å². The monoisotopic (exact) mass is 358 g/mol. The second-order valence-corrected chi connectivity index (χ2v) is 8.76. The van der Waals surface area contributed by atoms with E-state index in [0.717, 1.165) is 51.6 Å². The normalized spacial score (nSPS) is 27.3. The van der Waals surface area contributed by atoms with E-state index in [4.69, 9.17) is 0 Å². The van der Waals surface area contributed by atoms with Crippen LogP contribution in [-0.2, 0) is 16.1 Å². The van der Waals surface area contributed by atoms with Gasteiger partial charge in [0.1, 0.15) is 0 Å². The van der Waals surface area contributed by atoms with Gasteiger partial charge in [-0.2, -0.15) is 0 Å². The van der Waals surface area contributed by atoms with Crippen molar-refractivity contribution in [3.05, 3.63) is 34.5 Å². The van der Waals surface area contributed by atoms with Crippen molar-refractivity contribution in [2.24, 2.45) is 17.3 Å². The number of nitrogens with one attached hydrogen (secondary N) is 1. The van der Waals surface area contributed by atoms with Crippen molar-refractivity contribution in [3.8, 4) is 0 Å². The number of carbonyl (C=O) groups excluding carboxylic acids is 2. The molecule has 4 rings (SSSR count). The number of rotatable bonds is 4. The predicted octanol–water partition coefficient (Wildman–Crippen LogP) is 3.35. The number of likely N-dealkylation sites (tertiary alicyclic amines) is 1. The zero-order chi connectivity index (χ0) is 17.3. The van der Waals surface area contributed by atoms with Gasteiger partial charge in [-0.1, -0.05) is 18.2 Å². The molecule has 3 aliphatic rings. The van der Waals surface area contributed by atoms with Gasteiger partial charge in [0.2, 0.25) is 11.8 Å². The maximum atomic E-state index is 12.6. The second-order valence-electron chi connectivity index (χ2n) is 7.72. The Balaban J connectivity index is 1.25. The fraction of sp³-hybridized carbons (Fsp3) is 0.600. The van der Waals surface area contributed by atoms with Gasteiger partial charge in [0.15, 0.2) is 0 Å². The molecule has 5 heteroatoms. The molecule has 1 N–H and O–H groups in total. The van der Waals surface area contributed by atoms with E-state index in [0.29, 0.717) is 12.5 Å². The molecule has 2 aliphatic carbocycles. The molecule has 1 aliphatic heterocycles. The lowest BCUT2D eigenvalue weighted by atomic mass is 9.88. The van der Waals surface area contributed by atoms with E-state index in [2.05, 4.69) is 23.5 Å². The van der Waals surface area contributed by atoms with Gasteiger partial charge in [-0.25, -0.2) is 0 Å². The number of thiophene rings is 1. The Morgan fingerprint density at radius 3 is 2.80 bits per heavy atom. The number of amides is 2. The third-order valence-corrected chi connectivity index (χ3v) is 7.09. The lowest BCUT2D eigenvalue weighted by Crippen LogP contribution is -2.43. The first-order valence-electron chi connectivity index (χ1n) is 9.42. The molecule has 2 atom stereocenters. The molecule has 1 aromatic heterocycles. The molecule has 0 radical (unpaired) electrons. The summed E-state index contributed by atoms with van der Waals surface area (Å²) >= 11 is 1.68. The van der Waals surface area contributed by atoms with Crippen molar-refractivity contribution >= 4 is 23.2 Å². The summed E-state index contributed by atoms with van der Waals surface area (Å²) in [7, 11) is 0. The summed E-state index contributed by atoms with van der Waals surface area (Å²) in [6, 6.07) is 4.07. The molecule has 25 heavy (non-hydrogen) atoms. The summed E-state index contributed by atoms with van der Waals surface area (Å²) in [5, 5.41) is 5.12. The Kier molecular flexibility index (Phi) is 4.67. The third kappa shape index (κ3) is 3.52. The Morgan fingerprint density at radius 2 is 2.12 bits per heavy atom. The van der Waals surface area contributed by atoms with Crippen molar-refractivity contribution in [3.63, 3.8) is 0 Å². The molecular weight excluding hydrogens is 332 g/mol. The first-order valence-corrected chi connectivity index (χ1v) is 10.3. The summed E-state index contributed by atoms with van der Waals surface area (Å²) in [4.78, 5) is 28.3. The fourth-order valence-corrected chi connectivity index (χ4v) is 5.07. The predicted molar refractivity (Wildman–Crippen MR) is 99.0 cm³/mol. The topological polar surface area (TPSA) is 49.4 Å². The number of carbonyl (C=O) groups is 2. The zero-order valence-electron chi connectivity index (χ0n) is 14.6. The smallest absolute Gasteiger partial charge is 0.226 e. The van der Waals surface area contributed by atoms with Crippen LogP contribution in [0.2, 0.25) is 0 Å². The van der Waals surface area contributed by atoms with E-state index < -0.39 is 0 Å². The Labute approximate surface area is 153 Å². The number of allylic oxidation sites excluding steroid dienone is 2. The molecule has 0 aromatic carbocycles. The highest BCUT2D eigenvalue weighted by molar-refractivity contribution is 7.09. The summed E-state index contributed by atoms with van der Waals surface area (Å²) in [6.45, 7) is 2.30. The van der Waals surface area contributed by atoms with Crippen LogP contribution in [0.15, 0.2) is 29.7 Å². The van der Waals surface area contributed by atoms with Crippen molar-refractivity contribution < 1.29 is 9.59 Å². The minimum atomic E-state index is 0.155. The molecule has 1 saturated heterocycles. The molecule has 0 bridgehead atoms. The van der Waals surface area contributed by atoms with E-state index in [9.17, 15) is 9.59 Å². The Morgan fingerprint density at radius 1 is 1.28 bits per heavy atom. The number of piperidine rings is 1. The van der Waals surface area contributed by atoms with Crippen molar-refractivity contribution in [2.45, 2.75) is 45.1 Å². The first-order chi connectivity index (χ1) is 12.2. The molecule has 2 fully saturated rings. The van der Waals surface area contributed by atoms with Crippen molar-refractivity contribution in [1.29, 1.82) is 0 Å². The maximum Gasteiger partial charge on any atom is 0.226 e. The van der Waals surface area contributed by atoms with Gasteiger partial charge in [-0.3, -0.25) is 9.59 Å². The fourth-order valence-electron chi connectivity index (χ4n) is 4.43. The van der Waals surface area contributed by atoms with Crippen LogP contribution in [0.3, 0.4) is 0 Å². The van der Waals surface area contributed by atoms with Crippen LogP contribution in [-0.4, -0.2) is 29.8 Å². The highest BCUT2D eigenvalue weighted by Gasteiger charge is 2.58. The standard InChI is InChI=1S/C20H26N2O2S/c23-18(21-14-16-7-4-12-25-16)17-13-20(17)8-10-22(11-9-20)19(24)15-5-2-1-3-6-15/h1-2,4,7,12,15,17H,3,5-6,8-11,13-14H2,(H,21,23). The van der Waals surface area contributed by atoms with E-state index in [1.54, 1.807) is 11.3 Å². The largest absolute Gasteiger partial charge is 0.351 e. The second kappa shape index (κ2) is 6.94.